The zero-order chi connectivity index (χ0) is 10.5. The van der Waals surface area contributed by atoms with Crippen LogP contribution in [0.1, 0.15) is 6.92 Å². The highest BCUT2D eigenvalue weighted by Gasteiger charge is 2.77. The summed E-state index contributed by atoms with van der Waals surface area (Å²) < 4.78 is 22.7. The van der Waals surface area contributed by atoms with Crippen molar-refractivity contribution < 1.29 is 23.8 Å². The highest BCUT2D eigenvalue weighted by atomic mass is 19.1. The van der Waals surface area contributed by atoms with E-state index in [1.807, 2.05) is 0 Å². The molecular formula is C8H10BFO4. The van der Waals surface area contributed by atoms with E-state index in [0.717, 1.165) is 0 Å². The molecule has 4 nitrogen and oxygen atoms in total. The molecule has 1 N–H and O–H groups in total. The molecule has 1 saturated carbocycles. The predicted octanol–water partition coefficient (Wildman–Crippen LogP) is -0.858. The lowest BCUT2D eigenvalue weighted by atomic mass is 9.86. The van der Waals surface area contributed by atoms with E-state index >= 15 is 0 Å². The summed E-state index contributed by atoms with van der Waals surface area (Å²) in [6.45, 7) is 0.408. The molecule has 0 amide bonds. The maximum absolute atomic E-state index is 12.8. The summed E-state index contributed by atoms with van der Waals surface area (Å²) in [6.07, 6.45) is -2.44. The van der Waals surface area contributed by atoms with Crippen LogP contribution >= 0.6 is 0 Å². The summed E-state index contributed by atoms with van der Waals surface area (Å²) in [5, 5.41) is 9.39. The minimum absolute atomic E-state index is 0.554. The number of aliphatic hydroxyl groups excluding tert-OH is 1. The molecule has 0 spiro atoms. The Morgan fingerprint density at radius 1 is 1.79 bits per heavy atom. The van der Waals surface area contributed by atoms with Crippen molar-refractivity contribution in [2.45, 2.75) is 31.2 Å². The molecule has 1 saturated heterocycles. The molecule has 5 atom stereocenters. The summed E-state index contributed by atoms with van der Waals surface area (Å²) in [5.74, 6) is -0.554. The van der Waals surface area contributed by atoms with E-state index in [0.29, 0.717) is 0 Å². The predicted molar refractivity (Wildman–Crippen MR) is 44.4 cm³/mol. The van der Waals surface area contributed by atoms with E-state index < -0.39 is 42.4 Å². The van der Waals surface area contributed by atoms with Gasteiger partial charge < -0.3 is 14.6 Å². The van der Waals surface area contributed by atoms with Crippen LogP contribution in [0.2, 0.25) is 0 Å². The van der Waals surface area contributed by atoms with Gasteiger partial charge >= 0.3 is 5.97 Å². The minimum Gasteiger partial charge on any atom is -0.460 e. The van der Waals surface area contributed by atoms with Gasteiger partial charge in [-0.15, -0.1) is 0 Å². The van der Waals surface area contributed by atoms with E-state index in [2.05, 4.69) is 0 Å². The van der Waals surface area contributed by atoms with Gasteiger partial charge in [0.25, 0.3) is 0 Å². The minimum atomic E-state index is -1.12. The molecule has 0 aromatic carbocycles. The standard InChI is InChI=1S/C8H10BFO4/c1-3(11)13-6-7(9)14-5-4(12)8(5,6)2-10/h4-7,12H,2H2,1H3. The first-order valence-electron chi connectivity index (χ1n) is 4.36. The number of halogens is 1. The Labute approximate surface area is 81.8 Å². The number of ether oxygens (including phenoxy) is 2. The van der Waals surface area contributed by atoms with Crippen molar-refractivity contribution in [2.75, 3.05) is 6.67 Å². The molecule has 0 aromatic heterocycles. The lowest BCUT2D eigenvalue weighted by Gasteiger charge is -2.24. The van der Waals surface area contributed by atoms with Crippen molar-refractivity contribution in [2.24, 2.45) is 5.41 Å². The van der Waals surface area contributed by atoms with Crippen LogP contribution in [-0.4, -0.2) is 49.9 Å². The Kier molecular flexibility index (Phi) is 2.08. The molecular weight excluding hydrogens is 190 g/mol. The Morgan fingerprint density at radius 3 is 2.93 bits per heavy atom. The number of fused-ring (bicyclic) bond motifs is 1. The number of alkyl halides is 1. The van der Waals surface area contributed by atoms with Gasteiger partial charge in [0.1, 0.15) is 20.6 Å². The third-order valence-corrected chi connectivity index (χ3v) is 2.91. The topological polar surface area (TPSA) is 55.8 Å². The van der Waals surface area contributed by atoms with Gasteiger partial charge in [-0.05, 0) is 0 Å². The van der Waals surface area contributed by atoms with Gasteiger partial charge in [-0.1, -0.05) is 0 Å². The van der Waals surface area contributed by atoms with Crippen molar-refractivity contribution in [1.29, 1.82) is 0 Å². The maximum atomic E-state index is 12.8. The number of esters is 1. The van der Waals surface area contributed by atoms with E-state index in [4.69, 9.17) is 17.3 Å². The third-order valence-electron chi connectivity index (χ3n) is 2.91. The van der Waals surface area contributed by atoms with Crippen LogP contribution in [-0.2, 0) is 14.3 Å². The summed E-state index contributed by atoms with van der Waals surface area (Å²) >= 11 is 0. The van der Waals surface area contributed by atoms with Gasteiger partial charge in [-0.2, -0.15) is 0 Å². The second kappa shape index (κ2) is 2.94. The van der Waals surface area contributed by atoms with Crippen LogP contribution in [0.15, 0.2) is 0 Å². The Balaban J connectivity index is 2.16. The SMILES string of the molecule is [B]C1OC2C(O)C2(CF)C1OC(C)=O. The third kappa shape index (κ3) is 1.04. The summed E-state index contributed by atoms with van der Waals surface area (Å²) in [5.41, 5.74) is -1.12. The second-order valence-electron chi connectivity index (χ2n) is 3.74. The highest BCUT2D eigenvalue weighted by Crippen LogP contribution is 2.58. The van der Waals surface area contributed by atoms with Crippen LogP contribution in [0.3, 0.4) is 0 Å². The van der Waals surface area contributed by atoms with Gasteiger partial charge in [-0.25, -0.2) is 0 Å². The van der Waals surface area contributed by atoms with Gasteiger partial charge in [-0.3, -0.25) is 9.18 Å². The molecule has 1 aliphatic carbocycles. The summed E-state index contributed by atoms with van der Waals surface area (Å²) in [6, 6.07) is -0.844. The second-order valence-corrected chi connectivity index (χ2v) is 3.74. The molecule has 0 bridgehead atoms. The van der Waals surface area contributed by atoms with Crippen LogP contribution in [0.25, 0.3) is 0 Å². The van der Waals surface area contributed by atoms with Crippen molar-refractivity contribution in [1.82, 2.24) is 0 Å². The number of hydrogen-bond donors (Lipinski definition) is 1. The lowest BCUT2D eigenvalue weighted by Crippen LogP contribution is -2.39. The van der Waals surface area contributed by atoms with E-state index in [1.165, 1.54) is 6.92 Å². The smallest absolute Gasteiger partial charge is 0.302 e. The zero-order valence-corrected chi connectivity index (χ0v) is 7.64. The number of rotatable bonds is 2. The highest BCUT2D eigenvalue weighted by molar-refractivity contribution is 6.12. The normalized spacial score (nSPS) is 49.9. The molecule has 1 heterocycles. The average molecular weight is 200 g/mol. The van der Waals surface area contributed by atoms with Gasteiger partial charge in [0, 0.05) is 6.92 Å². The van der Waals surface area contributed by atoms with Gasteiger partial charge in [0.05, 0.1) is 23.6 Å². The van der Waals surface area contributed by atoms with Crippen molar-refractivity contribution >= 4 is 13.8 Å². The van der Waals surface area contributed by atoms with Crippen molar-refractivity contribution in [3.8, 4) is 0 Å². The largest absolute Gasteiger partial charge is 0.460 e. The molecule has 5 unspecified atom stereocenters. The first-order chi connectivity index (χ1) is 6.54. The van der Waals surface area contributed by atoms with Crippen molar-refractivity contribution in [3.63, 3.8) is 0 Å². The number of carbonyl (C=O) groups is 1. The first kappa shape index (κ1) is 9.92. The zero-order valence-electron chi connectivity index (χ0n) is 7.64. The fraction of sp³-hybridized carbons (Fsp3) is 0.875. The fourth-order valence-electron chi connectivity index (χ4n) is 2.07. The van der Waals surface area contributed by atoms with Crippen LogP contribution in [0.4, 0.5) is 4.39 Å². The molecule has 2 aliphatic rings. The number of hydrogen-bond acceptors (Lipinski definition) is 4. The summed E-state index contributed by atoms with van der Waals surface area (Å²) in [4.78, 5) is 10.7. The monoisotopic (exact) mass is 200 g/mol. The van der Waals surface area contributed by atoms with E-state index in [1.54, 1.807) is 0 Å². The average Bonchev–Trinajstić information content (AvgIpc) is 2.54. The summed E-state index contributed by atoms with van der Waals surface area (Å²) in [7, 11) is 5.49. The molecule has 2 rings (SSSR count). The molecule has 14 heavy (non-hydrogen) atoms. The van der Waals surface area contributed by atoms with Crippen LogP contribution in [0.5, 0.6) is 0 Å². The van der Waals surface area contributed by atoms with E-state index in [-0.39, 0.29) is 0 Å². The van der Waals surface area contributed by atoms with E-state index in [9.17, 15) is 14.3 Å². The van der Waals surface area contributed by atoms with Gasteiger partial charge in [0.2, 0.25) is 0 Å². The molecule has 2 fully saturated rings. The van der Waals surface area contributed by atoms with Gasteiger partial charge in [0.15, 0.2) is 0 Å². The first-order valence-corrected chi connectivity index (χ1v) is 4.36. The van der Waals surface area contributed by atoms with Crippen LogP contribution < -0.4 is 0 Å². The fourth-order valence-corrected chi connectivity index (χ4v) is 2.07. The number of carbonyl (C=O) groups excluding carboxylic acids is 1. The molecule has 0 aromatic rings. The molecule has 1 aliphatic heterocycles. The molecule has 76 valence electrons. The molecule has 2 radical (unpaired) electrons. The Morgan fingerprint density at radius 2 is 2.43 bits per heavy atom. The Hall–Kier alpha value is -0.615. The van der Waals surface area contributed by atoms with Crippen molar-refractivity contribution in [3.05, 3.63) is 0 Å². The van der Waals surface area contributed by atoms with Crippen LogP contribution in [0, 0.1) is 5.41 Å². The molecule has 6 heteroatoms. The Bertz CT molecular complexity index is 274. The maximum Gasteiger partial charge on any atom is 0.302 e. The quantitative estimate of drug-likeness (QED) is 0.465. The number of aliphatic hydroxyl groups is 1. The lowest BCUT2D eigenvalue weighted by molar-refractivity contribution is -0.153.